The highest BCUT2D eigenvalue weighted by Gasteiger charge is 2.95. The summed E-state index contributed by atoms with van der Waals surface area (Å²) in [5, 5.41) is 3.51. The minimum atomic E-state index is 0.0211. The fraction of sp³-hybridized carbons (Fsp3) is 0.720. The van der Waals surface area contributed by atoms with Crippen LogP contribution in [0.5, 0.6) is 0 Å². The summed E-state index contributed by atoms with van der Waals surface area (Å²) in [5.74, 6) is 2.23. The van der Waals surface area contributed by atoms with Crippen molar-refractivity contribution in [1.82, 2.24) is 10.2 Å². The molecular weight excluding hydrogens is 344 g/mol. The fourth-order valence-corrected chi connectivity index (χ4v) is 9.66. The molecule has 2 saturated heterocycles. The summed E-state index contributed by atoms with van der Waals surface area (Å²) >= 11 is 0. The Morgan fingerprint density at radius 1 is 0.964 bits per heavy atom. The van der Waals surface area contributed by atoms with E-state index >= 15 is 0 Å². The van der Waals surface area contributed by atoms with Crippen molar-refractivity contribution in [1.29, 1.82) is 0 Å². The number of rotatable bonds is 2. The Bertz CT molecular complexity index is 829. The van der Waals surface area contributed by atoms with Crippen molar-refractivity contribution >= 4 is 5.91 Å². The third kappa shape index (κ3) is 1.54. The van der Waals surface area contributed by atoms with Crippen LogP contribution in [0.2, 0.25) is 0 Å². The highest BCUT2D eigenvalue weighted by Crippen LogP contribution is 2.97. The topological polar surface area (TPSA) is 32.3 Å². The number of piperidine rings is 2. The van der Waals surface area contributed by atoms with Crippen molar-refractivity contribution < 1.29 is 4.79 Å². The summed E-state index contributed by atoms with van der Waals surface area (Å²) in [6.07, 6.45) is 10.2. The third-order valence-electron chi connectivity index (χ3n) is 10.7. The number of likely N-dealkylation sites (tertiary alicyclic amines) is 1. The first-order valence-corrected chi connectivity index (χ1v) is 11.7. The van der Waals surface area contributed by atoms with E-state index in [2.05, 4.69) is 40.5 Å². The summed E-state index contributed by atoms with van der Waals surface area (Å²) < 4.78 is 0. The Labute approximate surface area is 168 Å². The molecule has 1 N–H and O–H groups in total. The summed E-state index contributed by atoms with van der Waals surface area (Å²) in [6, 6.07) is 11.2. The standard InChI is InChI=1S/C25H32N2O/c28-21(27-12-8-22(9-13-27)6-10-26-11-7-22)24-16-20-14-19-15-23(17-24,25(19,20)24)18-4-2-1-3-5-18/h1-5,19-20,26H,6-17H2. The molecule has 3 nitrogen and oxygen atoms in total. The number of hydrogen-bond donors (Lipinski definition) is 1. The highest BCUT2D eigenvalue weighted by molar-refractivity contribution is 5.89. The summed E-state index contributed by atoms with van der Waals surface area (Å²) in [4.78, 5) is 16.2. The average Bonchev–Trinajstić information content (AvgIpc) is 2.68. The lowest BCUT2D eigenvalue weighted by Gasteiger charge is -2.95. The Morgan fingerprint density at radius 2 is 1.68 bits per heavy atom. The molecule has 5 atom stereocenters. The number of amides is 1. The fourth-order valence-electron chi connectivity index (χ4n) is 9.66. The monoisotopic (exact) mass is 376 g/mol. The highest BCUT2D eigenvalue weighted by atomic mass is 16.2. The maximum absolute atomic E-state index is 13.9. The Balaban J connectivity index is 1.14. The third-order valence-corrected chi connectivity index (χ3v) is 10.7. The molecule has 3 heteroatoms. The average molecular weight is 377 g/mol. The lowest BCUT2D eigenvalue weighted by Crippen LogP contribution is -2.94. The molecule has 2 aliphatic heterocycles. The zero-order valence-electron chi connectivity index (χ0n) is 16.9. The molecule has 4 aliphatic carbocycles. The van der Waals surface area contributed by atoms with E-state index in [0.717, 1.165) is 31.3 Å². The van der Waals surface area contributed by atoms with E-state index in [4.69, 9.17) is 0 Å². The van der Waals surface area contributed by atoms with Crippen LogP contribution >= 0.6 is 0 Å². The molecule has 1 aromatic rings. The number of carbonyl (C=O) groups is 1. The van der Waals surface area contributed by atoms with Gasteiger partial charge in [-0.05, 0) is 87.3 Å². The summed E-state index contributed by atoms with van der Waals surface area (Å²) in [6.45, 7) is 4.38. The van der Waals surface area contributed by atoms with Gasteiger partial charge in [0, 0.05) is 23.9 Å². The molecule has 1 amide bonds. The van der Waals surface area contributed by atoms with Crippen molar-refractivity contribution in [2.24, 2.45) is 28.1 Å². The first kappa shape index (κ1) is 16.4. The lowest BCUT2D eigenvalue weighted by molar-refractivity contribution is -0.432. The molecule has 0 radical (unpaired) electrons. The minimum absolute atomic E-state index is 0.0211. The zero-order chi connectivity index (χ0) is 18.6. The summed E-state index contributed by atoms with van der Waals surface area (Å²) in [7, 11) is 0. The molecule has 2 spiro atoms. The quantitative estimate of drug-likeness (QED) is 0.853. The van der Waals surface area contributed by atoms with Crippen LogP contribution in [-0.4, -0.2) is 37.0 Å². The van der Waals surface area contributed by atoms with Gasteiger partial charge in [-0.2, -0.15) is 0 Å². The van der Waals surface area contributed by atoms with Gasteiger partial charge in [0.1, 0.15) is 0 Å². The van der Waals surface area contributed by atoms with E-state index in [0.29, 0.717) is 22.2 Å². The molecule has 6 aliphatic rings. The predicted molar refractivity (Wildman–Crippen MR) is 109 cm³/mol. The molecule has 5 unspecified atom stereocenters. The second-order valence-corrected chi connectivity index (χ2v) is 11.2. The Morgan fingerprint density at radius 3 is 2.36 bits per heavy atom. The molecule has 0 bridgehead atoms. The lowest BCUT2D eigenvalue weighted by atomic mass is 9.07. The maximum Gasteiger partial charge on any atom is 0.229 e. The van der Waals surface area contributed by atoms with Gasteiger partial charge in [0.2, 0.25) is 5.91 Å². The van der Waals surface area contributed by atoms with Crippen LogP contribution in [0.25, 0.3) is 0 Å². The van der Waals surface area contributed by atoms with Crippen LogP contribution in [0.15, 0.2) is 30.3 Å². The first-order valence-electron chi connectivity index (χ1n) is 11.7. The van der Waals surface area contributed by atoms with Gasteiger partial charge in [-0.3, -0.25) is 4.79 Å². The van der Waals surface area contributed by atoms with Gasteiger partial charge < -0.3 is 10.2 Å². The molecule has 2 heterocycles. The van der Waals surface area contributed by atoms with Crippen molar-refractivity contribution in [3.63, 3.8) is 0 Å². The van der Waals surface area contributed by atoms with E-state index in [9.17, 15) is 4.79 Å². The van der Waals surface area contributed by atoms with Crippen molar-refractivity contribution in [3.8, 4) is 0 Å². The van der Waals surface area contributed by atoms with Gasteiger partial charge in [-0.15, -0.1) is 0 Å². The van der Waals surface area contributed by atoms with E-state index < -0.39 is 0 Å². The molecule has 7 rings (SSSR count). The normalized spacial score (nSPS) is 46.9. The predicted octanol–water partition coefficient (Wildman–Crippen LogP) is 3.74. The number of nitrogens with zero attached hydrogens (tertiary/aromatic N) is 1. The number of benzene rings is 1. The molecule has 0 aromatic heterocycles. The molecule has 28 heavy (non-hydrogen) atoms. The van der Waals surface area contributed by atoms with Gasteiger partial charge in [-0.25, -0.2) is 0 Å². The molecule has 4 saturated carbocycles. The minimum Gasteiger partial charge on any atom is -0.342 e. The SMILES string of the molecule is O=C(N1CCC2(CCNCC2)CC1)C12CC3CC4CC(c5ccccc5)(C1)C342. The second-order valence-electron chi connectivity index (χ2n) is 11.2. The Hall–Kier alpha value is -1.35. The number of hydrogen-bond acceptors (Lipinski definition) is 2. The van der Waals surface area contributed by atoms with Crippen LogP contribution in [-0.2, 0) is 10.2 Å². The summed E-state index contributed by atoms with van der Waals surface area (Å²) in [5.41, 5.74) is 2.80. The molecular formula is C25H32N2O. The van der Waals surface area contributed by atoms with Gasteiger partial charge in [0.05, 0.1) is 5.41 Å². The van der Waals surface area contributed by atoms with Crippen molar-refractivity contribution in [2.75, 3.05) is 26.2 Å². The number of carbonyl (C=O) groups excluding carboxylic acids is 1. The van der Waals surface area contributed by atoms with Crippen LogP contribution < -0.4 is 5.32 Å². The zero-order valence-corrected chi connectivity index (χ0v) is 16.9. The second kappa shape index (κ2) is 5.03. The van der Waals surface area contributed by atoms with E-state index in [1.54, 1.807) is 0 Å². The van der Waals surface area contributed by atoms with Gasteiger partial charge >= 0.3 is 0 Å². The van der Waals surface area contributed by atoms with Crippen LogP contribution in [0.3, 0.4) is 0 Å². The van der Waals surface area contributed by atoms with Crippen LogP contribution in [0.4, 0.5) is 0 Å². The van der Waals surface area contributed by atoms with Crippen molar-refractivity contribution in [3.05, 3.63) is 35.9 Å². The largest absolute Gasteiger partial charge is 0.342 e. The van der Waals surface area contributed by atoms with E-state index in [1.165, 1.54) is 63.6 Å². The molecule has 1 aromatic carbocycles. The van der Waals surface area contributed by atoms with Gasteiger partial charge in [0.25, 0.3) is 0 Å². The Kier molecular flexibility index (Phi) is 2.96. The van der Waals surface area contributed by atoms with Crippen molar-refractivity contribution in [2.45, 2.75) is 56.8 Å². The van der Waals surface area contributed by atoms with Crippen LogP contribution in [0, 0.1) is 28.1 Å². The molecule has 148 valence electrons. The smallest absolute Gasteiger partial charge is 0.229 e. The van der Waals surface area contributed by atoms with Gasteiger partial charge in [0.15, 0.2) is 0 Å². The van der Waals surface area contributed by atoms with E-state index in [-0.39, 0.29) is 5.41 Å². The number of nitrogens with one attached hydrogen (secondary N) is 1. The van der Waals surface area contributed by atoms with Gasteiger partial charge in [-0.1, -0.05) is 30.3 Å². The first-order chi connectivity index (χ1) is 13.7. The maximum atomic E-state index is 13.9. The van der Waals surface area contributed by atoms with Crippen LogP contribution in [0.1, 0.15) is 56.9 Å². The molecule has 6 fully saturated rings. The van der Waals surface area contributed by atoms with E-state index in [1.807, 2.05) is 0 Å².